The van der Waals surface area contributed by atoms with Crippen LogP contribution in [0.4, 0.5) is 0 Å². The summed E-state index contributed by atoms with van der Waals surface area (Å²) in [7, 11) is 0. The predicted molar refractivity (Wildman–Crippen MR) is 112 cm³/mol. The van der Waals surface area contributed by atoms with E-state index in [0.717, 1.165) is 50.6 Å². The van der Waals surface area contributed by atoms with Crippen LogP contribution in [0, 0.1) is 11.3 Å². The number of nitrogens with zero attached hydrogens (tertiary/aromatic N) is 3. The van der Waals surface area contributed by atoms with Gasteiger partial charge in [-0.3, -0.25) is 0 Å². The van der Waals surface area contributed by atoms with E-state index in [-0.39, 0.29) is 36.2 Å². The van der Waals surface area contributed by atoms with Crippen molar-refractivity contribution in [2.45, 2.75) is 38.5 Å². The second-order valence-electron chi connectivity index (χ2n) is 6.39. The van der Waals surface area contributed by atoms with Crippen molar-refractivity contribution in [3.05, 3.63) is 35.4 Å². The van der Waals surface area contributed by atoms with E-state index in [1.54, 1.807) is 0 Å². The van der Waals surface area contributed by atoms with Crippen LogP contribution in [-0.4, -0.2) is 55.9 Å². The summed E-state index contributed by atoms with van der Waals surface area (Å²) in [6.45, 7) is 6.61. The third kappa shape index (κ3) is 5.56. The molecular weight excluding hydrogens is 443 g/mol. The Labute approximate surface area is 172 Å². The molecule has 7 heteroatoms. The van der Waals surface area contributed by atoms with Crippen LogP contribution in [0.15, 0.2) is 29.3 Å². The number of hydrogen-bond donors (Lipinski definition) is 1. The molecule has 0 aliphatic carbocycles. The summed E-state index contributed by atoms with van der Waals surface area (Å²) in [5.41, 5.74) is 1.71. The van der Waals surface area contributed by atoms with E-state index < -0.39 is 0 Å². The molecule has 1 aromatic carbocycles. The molecule has 0 aromatic heterocycles. The lowest BCUT2D eigenvalue weighted by atomic mass is 10.1. The molecule has 142 valence electrons. The monoisotopic (exact) mass is 470 g/mol. The molecule has 1 N–H and O–H groups in total. The number of hydrogen-bond acceptors (Lipinski definition) is 4. The first-order valence-electron chi connectivity index (χ1n) is 9.05. The van der Waals surface area contributed by atoms with Gasteiger partial charge in [0.15, 0.2) is 5.96 Å². The summed E-state index contributed by atoms with van der Waals surface area (Å²) < 4.78 is 11.7. The number of nitriles is 1. The molecule has 1 aromatic rings. The smallest absolute Gasteiger partial charge is 0.194 e. The zero-order chi connectivity index (χ0) is 17.5. The number of ether oxygens (including phenoxy) is 2. The van der Waals surface area contributed by atoms with Gasteiger partial charge in [-0.25, -0.2) is 4.99 Å². The highest BCUT2D eigenvalue weighted by Crippen LogP contribution is 2.21. The van der Waals surface area contributed by atoms with Crippen LogP contribution >= 0.6 is 24.0 Å². The molecule has 2 aliphatic heterocycles. The molecule has 0 saturated carbocycles. The Morgan fingerprint density at radius 2 is 2.19 bits per heavy atom. The molecule has 3 rings (SSSR count). The van der Waals surface area contributed by atoms with Crippen molar-refractivity contribution in [2.75, 3.05) is 32.8 Å². The highest BCUT2D eigenvalue weighted by Gasteiger charge is 2.32. The van der Waals surface area contributed by atoms with Crippen LogP contribution in [-0.2, 0) is 16.0 Å². The van der Waals surface area contributed by atoms with Crippen molar-refractivity contribution in [1.82, 2.24) is 10.2 Å². The first kappa shape index (κ1) is 20.9. The van der Waals surface area contributed by atoms with Gasteiger partial charge in [-0.15, -0.1) is 24.0 Å². The van der Waals surface area contributed by atoms with E-state index in [1.807, 2.05) is 24.3 Å². The van der Waals surface area contributed by atoms with Crippen molar-refractivity contribution in [3.8, 4) is 6.07 Å². The van der Waals surface area contributed by atoms with Crippen molar-refractivity contribution in [2.24, 2.45) is 4.99 Å². The van der Waals surface area contributed by atoms with Gasteiger partial charge >= 0.3 is 0 Å². The Balaban J connectivity index is 0.00000243. The minimum absolute atomic E-state index is 0. The van der Waals surface area contributed by atoms with E-state index >= 15 is 0 Å². The second kappa shape index (κ2) is 10.7. The highest BCUT2D eigenvalue weighted by atomic mass is 127. The first-order chi connectivity index (χ1) is 12.3. The van der Waals surface area contributed by atoms with E-state index in [2.05, 4.69) is 23.2 Å². The van der Waals surface area contributed by atoms with Gasteiger partial charge in [-0.05, 0) is 37.5 Å². The number of guanidine groups is 1. The Bertz CT molecular complexity index is 641. The third-order valence-corrected chi connectivity index (χ3v) is 4.57. The normalized spacial score (nSPS) is 23.2. The zero-order valence-corrected chi connectivity index (χ0v) is 17.5. The number of halogens is 1. The zero-order valence-electron chi connectivity index (χ0n) is 15.2. The molecule has 0 radical (unpaired) electrons. The van der Waals surface area contributed by atoms with E-state index in [0.29, 0.717) is 18.7 Å². The number of nitrogens with one attached hydrogen (secondary N) is 1. The lowest BCUT2D eigenvalue weighted by Gasteiger charge is -2.37. The average molecular weight is 470 g/mol. The molecular formula is C19H27IN4O2. The summed E-state index contributed by atoms with van der Waals surface area (Å²) in [6, 6.07) is 9.78. The third-order valence-electron chi connectivity index (χ3n) is 4.57. The fourth-order valence-electron chi connectivity index (χ4n) is 3.32. The van der Waals surface area contributed by atoms with Gasteiger partial charge in [0.25, 0.3) is 0 Å². The second-order valence-corrected chi connectivity index (χ2v) is 6.39. The quantitative estimate of drug-likeness (QED) is 0.416. The molecule has 26 heavy (non-hydrogen) atoms. The molecule has 2 atom stereocenters. The van der Waals surface area contributed by atoms with Crippen molar-refractivity contribution in [3.63, 3.8) is 0 Å². The summed E-state index contributed by atoms with van der Waals surface area (Å²) in [5, 5.41) is 12.4. The maximum Gasteiger partial charge on any atom is 0.194 e. The lowest BCUT2D eigenvalue weighted by Crippen LogP contribution is -2.53. The molecule has 0 bridgehead atoms. The van der Waals surface area contributed by atoms with Crippen molar-refractivity contribution in [1.29, 1.82) is 5.26 Å². The first-order valence-corrected chi connectivity index (χ1v) is 9.05. The molecule has 0 amide bonds. The van der Waals surface area contributed by atoms with Gasteiger partial charge in [-0.1, -0.05) is 12.1 Å². The average Bonchev–Trinajstić information content (AvgIpc) is 3.20. The molecule has 0 spiro atoms. The Kier molecular flexibility index (Phi) is 8.62. The Hall–Kier alpha value is -1.37. The molecule has 2 unspecified atom stereocenters. The van der Waals surface area contributed by atoms with E-state index in [1.165, 1.54) is 0 Å². The van der Waals surface area contributed by atoms with Crippen LogP contribution in [0.3, 0.4) is 0 Å². The maximum absolute atomic E-state index is 9.03. The van der Waals surface area contributed by atoms with Crippen LogP contribution < -0.4 is 5.32 Å². The summed E-state index contributed by atoms with van der Waals surface area (Å²) in [5.74, 6) is 0.899. The van der Waals surface area contributed by atoms with Crippen LogP contribution in [0.2, 0.25) is 0 Å². The van der Waals surface area contributed by atoms with Gasteiger partial charge in [-0.2, -0.15) is 5.26 Å². The van der Waals surface area contributed by atoms with Crippen LogP contribution in [0.1, 0.15) is 30.9 Å². The minimum Gasteiger partial charge on any atom is -0.375 e. The van der Waals surface area contributed by atoms with Crippen LogP contribution in [0.5, 0.6) is 0 Å². The summed E-state index contributed by atoms with van der Waals surface area (Å²) in [4.78, 5) is 7.03. The Morgan fingerprint density at radius 1 is 1.35 bits per heavy atom. The summed E-state index contributed by atoms with van der Waals surface area (Å²) in [6.07, 6.45) is 2.51. The fourth-order valence-corrected chi connectivity index (χ4v) is 3.32. The number of morpholine rings is 1. The van der Waals surface area contributed by atoms with Crippen molar-refractivity contribution < 1.29 is 9.47 Å². The Morgan fingerprint density at radius 3 is 2.92 bits per heavy atom. The van der Waals surface area contributed by atoms with E-state index in [4.69, 9.17) is 19.7 Å². The summed E-state index contributed by atoms with van der Waals surface area (Å²) >= 11 is 0. The van der Waals surface area contributed by atoms with Gasteiger partial charge in [0.2, 0.25) is 0 Å². The molecule has 2 saturated heterocycles. The maximum atomic E-state index is 9.03. The topological polar surface area (TPSA) is 69.9 Å². The fraction of sp³-hybridized carbons (Fsp3) is 0.579. The number of aliphatic imine (C=N–C) groups is 1. The standard InChI is InChI=1S/C19H26N4O2.HI/c1-2-21-19(22-13-16-6-3-5-15(11-16)12-20)23-8-10-25-18(14-23)17-7-4-9-24-17;/h3,5-6,11,17-18H,2,4,7-10,13-14H2,1H3,(H,21,22);1H. The highest BCUT2D eigenvalue weighted by molar-refractivity contribution is 14.0. The minimum atomic E-state index is 0. The predicted octanol–water partition coefficient (Wildman–Crippen LogP) is 2.52. The number of rotatable bonds is 4. The molecule has 2 aliphatic rings. The van der Waals surface area contributed by atoms with Crippen LogP contribution in [0.25, 0.3) is 0 Å². The molecule has 6 nitrogen and oxygen atoms in total. The van der Waals surface area contributed by atoms with Gasteiger partial charge in [0.1, 0.15) is 6.10 Å². The van der Waals surface area contributed by atoms with Gasteiger partial charge < -0.3 is 19.7 Å². The lowest BCUT2D eigenvalue weighted by molar-refractivity contribution is -0.0817. The molecule has 2 fully saturated rings. The number of benzene rings is 1. The SMILES string of the molecule is CCNC(=NCc1cccc(C#N)c1)N1CCOC(C2CCCO2)C1.I. The molecule has 2 heterocycles. The van der Waals surface area contributed by atoms with Crippen molar-refractivity contribution >= 4 is 29.9 Å². The van der Waals surface area contributed by atoms with E-state index in [9.17, 15) is 0 Å². The largest absolute Gasteiger partial charge is 0.375 e. The van der Waals surface area contributed by atoms with Gasteiger partial charge in [0, 0.05) is 26.2 Å². The van der Waals surface area contributed by atoms with Gasteiger partial charge in [0.05, 0.1) is 30.9 Å².